The second-order valence-corrected chi connectivity index (χ2v) is 6.11. The van der Waals surface area contributed by atoms with E-state index in [0.717, 1.165) is 37.6 Å². The second-order valence-electron chi connectivity index (χ2n) is 5.05. The predicted molar refractivity (Wildman–Crippen MR) is 75.2 cm³/mol. The zero-order chi connectivity index (χ0) is 14.1. The first-order valence-electron chi connectivity index (χ1n) is 6.64. The van der Waals surface area contributed by atoms with Gasteiger partial charge < -0.3 is 10.2 Å². The van der Waals surface area contributed by atoms with Crippen molar-refractivity contribution in [1.82, 2.24) is 19.7 Å². The molecule has 7 heteroatoms. The Balaban J connectivity index is 1.72. The summed E-state index contributed by atoms with van der Waals surface area (Å²) in [6.45, 7) is 5.16. The molecule has 3 rings (SSSR count). The Kier molecular flexibility index (Phi) is 3.84. The molecule has 0 spiro atoms. The van der Waals surface area contributed by atoms with E-state index in [1.165, 1.54) is 4.88 Å². The molecule has 2 aromatic heterocycles. The van der Waals surface area contributed by atoms with Gasteiger partial charge in [-0.15, -0.1) is 11.3 Å². The number of rotatable bonds is 4. The highest BCUT2D eigenvalue weighted by Crippen LogP contribution is 2.20. The van der Waals surface area contributed by atoms with Crippen molar-refractivity contribution >= 4 is 11.3 Å². The molecule has 1 atom stereocenters. The highest BCUT2D eigenvalue weighted by atomic mass is 32.1. The van der Waals surface area contributed by atoms with Gasteiger partial charge in [0.1, 0.15) is 6.10 Å². The molecule has 2 N–H and O–H groups in total. The van der Waals surface area contributed by atoms with Crippen LogP contribution in [0.4, 0.5) is 0 Å². The maximum Gasteiger partial charge on any atom is 0.121 e. The van der Waals surface area contributed by atoms with Gasteiger partial charge in [0.2, 0.25) is 0 Å². The minimum atomic E-state index is -0.887. The normalized spacial score (nSPS) is 17.1. The van der Waals surface area contributed by atoms with Crippen LogP contribution in [0.15, 0.2) is 11.6 Å². The van der Waals surface area contributed by atoms with Crippen LogP contribution in [0, 0.1) is 6.92 Å². The van der Waals surface area contributed by atoms with Gasteiger partial charge in [-0.3, -0.25) is 9.58 Å². The lowest BCUT2D eigenvalue weighted by Gasteiger charge is -2.26. The molecule has 1 aliphatic rings. The van der Waals surface area contributed by atoms with E-state index in [0.29, 0.717) is 5.69 Å². The first-order valence-corrected chi connectivity index (χ1v) is 7.52. The first-order chi connectivity index (χ1) is 9.67. The molecule has 0 saturated heterocycles. The highest BCUT2D eigenvalue weighted by Gasteiger charge is 2.21. The van der Waals surface area contributed by atoms with Gasteiger partial charge in [-0.1, -0.05) is 0 Å². The third-order valence-electron chi connectivity index (χ3n) is 3.63. The third kappa shape index (κ3) is 2.62. The molecule has 108 valence electrons. The van der Waals surface area contributed by atoms with Crippen molar-refractivity contribution in [3.05, 3.63) is 33.5 Å². The van der Waals surface area contributed by atoms with E-state index in [4.69, 9.17) is 5.11 Å². The molecule has 2 aromatic rings. The van der Waals surface area contributed by atoms with Gasteiger partial charge in [0.25, 0.3) is 0 Å². The topological polar surface area (TPSA) is 74.4 Å². The van der Waals surface area contributed by atoms with E-state index in [1.807, 2.05) is 16.3 Å². The average molecular weight is 294 g/mol. The molecule has 0 saturated carbocycles. The van der Waals surface area contributed by atoms with Crippen LogP contribution >= 0.6 is 11.3 Å². The molecule has 0 radical (unpaired) electrons. The Morgan fingerprint density at radius 3 is 3.00 bits per heavy atom. The molecular weight excluding hydrogens is 276 g/mol. The van der Waals surface area contributed by atoms with E-state index < -0.39 is 6.10 Å². The van der Waals surface area contributed by atoms with E-state index >= 15 is 0 Å². The number of hydrogen-bond donors (Lipinski definition) is 2. The summed E-state index contributed by atoms with van der Waals surface area (Å²) in [4.78, 5) is 7.99. The first kappa shape index (κ1) is 13.7. The van der Waals surface area contributed by atoms with Crippen LogP contribution in [0.2, 0.25) is 0 Å². The van der Waals surface area contributed by atoms with E-state index in [1.54, 1.807) is 11.3 Å². The monoisotopic (exact) mass is 294 g/mol. The maximum atomic E-state index is 9.64. The van der Waals surface area contributed by atoms with Crippen molar-refractivity contribution in [2.45, 2.75) is 32.7 Å². The number of aromatic nitrogens is 3. The van der Waals surface area contributed by atoms with Crippen LogP contribution in [-0.4, -0.2) is 43.0 Å². The van der Waals surface area contributed by atoms with E-state index in [2.05, 4.69) is 21.9 Å². The van der Waals surface area contributed by atoms with Gasteiger partial charge in [-0.05, 0) is 13.0 Å². The molecular formula is C13H18N4O2S. The highest BCUT2D eigenvalue weighted by molar-refractivity contribution is 7.09. The standard InChI is InChI=1S/C13H18N4O2S/c1-9-12(14-8-20-9)6-16-2-3-17-10(5-16)4-11(15-17)13(19)7-18/h4,8,13,18-19H,2-3,5-7H2,1H3/t13-/m0/s1. The number of hydrogen-bond acceptors (Lipinski definition) is 6. The van der Waals surface area contributed by atoms with Crippen LogP contribution in [-0.2, 0) is 19.6 Å². The Labute approximate surface area is 121 Å². The molecule has 0 bridgehead atoms. The average Bonchev–Trinajstić information content (AvgIpc) is 3.04. The van der Waals surface area contributed by atoms with Crippen LogP contribution < -0.4 is 0 Å². The minimum absolute atomic E-state index is 0.293. The van der Waals surface area contributed by atoms with Crippen molar-refractivity contribution in [3.63, 3.8) is 0 Å². The van der Waals surface area contributed by atoms with Gasteiger partial charge in [-0.2, -0.15) is 5.10 Å². The molecule has 0 aliphatic carbocycles. The second kappa shape index (κ2) is 5.61. The zero-order valence-corrected chi connectivity index (χ0v) is 12.2. The van der Waals surface area contributed by atoms with Crippen LogP contribution in [0.3, 0.4) is 0 Å². The van der Waals surface area contributed by atoms with Crippen LogP contribution in [0.1, 0.15) is 28.1 Å². The number of aryl methyl sites for hydroxylation is 1. The number of nitrogens with zero attached hydrogens (tertiary/aromatic N) is 4. The summed E-state index contributed by atoms with van der Waals surface area (Å²) >= 11 is 1.67. The quantitative estimate of drug-likeness (QED) is 0.868. The van der Waals surface area contributed by atoms with Crippen molar-refractivity contribution in [2.75, 3.05) is 13.2 Å². The predicted octanol–water partition coefficient (Wildman–Crippen LogP) is 0.690. The summed E-state index contributed by atoms with van der Waals surface area (Å²) in [7, 11) is 0. The van der Waals surface area contributed by atoms with Gasteiger partial charge >= 0.3 is 0 Å². The zero-order valence-electron chi connectivity index (χ0n) is 11.4. The fourth-order valence-electron chi connectivity index (χ4n) is 2.43. The summed E-state index contributed by atoms with van der Waals surface area (Å²) in [6.07, 6.45) is -0.887. The van der Waals surface area contributed by atoms with Crippen LogP contribution in [0.25, 0.3) is 0 Å². The molecule has 1 aliphatic heterocycles. The number of thiazole rings is 1. The SMILES string of the molecule is Cc1scnc1CN1CCn2nc([C@@H](O)CO)cc2C1. The molecule has 0 amide bonds. The smallest absolute Gasteiger partial charge is 0.121 e. The van der Waals surface area contributed by atoms with Crippen molar-refractivity contribution < 1.29 is 10.2 Å². The maximum absolute atomic E-state index is 9.64. The number of aliphatic hydroxyl groups is 2. The summed E-state index contributed by atoms with van der Waals surface area (Å²) in [5.41, 5.74) is 4.65. The van der Waals surface area contributed by atoms with E-state index in [9.17, 15) is 5.11 Å². The summed E-state index contributed by atoms with van der Waals surface area (Å²) in [6, 6.07) is 1.88. The molecule has 3 heterocycles. The molecule has 0 aromatic carbocycles. The molecule has 6 nitrogen and oxygen atoms in total. The van der Waals surface area contributed by atoms with Gasteiger partial charge in [-0.25, -0.2) is 4.98 Å². The fraction of sp³-hybridized carbons (Fsp3) is 0.538. The number of aliphatic hydroxyl groups excluding tert-OH is 2. The van der Waals surface area contributed by atoms with Gasteiger partial charge in [0.15, 0.2) is 0 Å². The fourth-order valence-corrected chi connectivity index (χ4v) is 3.02. The largest absolute Gasteiger partial charge is 0.393 e. The summed E-state index contributed by atoms with van der Waals surface area (Å²) in [5.74, 6) is 0. The van der Waals surface area contributed by atoms with Crippen LogP contribution in [0.5, 0.6) is 0 Å². The van der Waals surface area contributed by atoms with Gasteiger partial charge in [0.05, 0.1) is 35.7 Å². The summed E-state index contributed by atoms with van der Waals surface area (Å²) < 4.78 is 1.92. The van der Waals surface area contributed by atoms with E-state index in [-0.39, 0.29) is 6.61 Å². The van der Waals surface area contributed by atoms with Crippen molar-refractivity contribution in [2.24, 2.45) is 0 Å². The minimum Gasteiger partial charge on any atom is -0.393 e. The Morgan fingerprint density at radius 2 is 2.30 bits per heavy atom. The lowest BCUT2D eigenvalue weighted by atomic mass is 10.2. The van der Waals surface area contributed by atoms with Crippen molar-refractivity contribution in [1.29, 1.82) is 0 Å². The third-order valence-corrected chi connectivity index (χ3v) is 4.43. The molecule has 20 heavy (non-hydrogen) atoms. The van der Waals surface area contributed by atoms with Gasteiger partial charge in [0, 0.05) is 24.5 Å². The Hall–Kier alpha value is -1.28. The lowest BCUT2D eigenvalue weighted by molar-refractivity contribution is 0.0915. The Morgan fingerprint density at radius 1 is 1.45 bits per heavy atom. The molecule has 0 unspecified atom stereocenters. The molecule has 0 fully saturated rings. The number of fused-ring (bicyclic) bond motifs is 1. The lowest BCUT2D eigenvalue weighted by Crippen LogP contribution is -2.33. The Bertz CT molecular complexity index is 595. The summed E-state index contributed by atoms with van der Waals surface area (Å²) in [5, 5.41) is 23.0. The van der Waals surface area contributed by atoms with Crippen molar-refractivity contribution in [3.8, 4) is 0 Å².